The minimum atomic E-state index is -4.50. The van der Waals surface area contributed by atoms with Crippen LogP contribution in [0.4, 0.5) is 13.2 Å². The Morgan fingerprint density at radius 1 is 1.00 bits per heavy atom. The topological polar surface area (TPSA) is 115 Å². The second-order valence-corrected chi connectivity index (χ2v) is 8.82. The van der Waals surface area contributed by atoms with E-state index in [0.29, 0.717) is 10.6 Å². The number of nitrogens with zero attached hydrogens (tertiary/aromatic N) is 2. The van der Waals surface area contributed by atoms with E-state index in [-0.39, 0.29) is 28.9 Å². The number of aromatic nitrogens is 2. The van der Waals surface area contributed by atoms with Crippen LogP contribution in [0.2, 0.25) is 0 Å². The van der Waals surface area contributed by atoms with Crippen molar-refractivity contribution in [2.45, 2.75) is 18.6 Å². The number of pyridine rings is 1. The van der Waals surface area contributed by atoms with Gasteiger partial charge in [-0.25, -0.2) is 4.98 Å². The summed E-state index contributed by atoms with van der Waals surface area (Å²) < 4.78 is 39.4. The number of nitrogens with one attached hydrogen (secondary N) is 1. The molecule has 3 N–H and O–H groups in total. The lowest BCUT2D eigenvalue weighted by Crippen LogP contribution is -2.47. The zero-order valence-corrected chi connectivity index (χ0v) is 19.8. The first-order chi connectivity index (χ1) is 17.6. The van der Waals surface area contributed by atoms with E-state index in [1.807, 2.05) is 0 Å². The Labute approximate surface area is 213 Å². The van der Waals surface area contributed by atoms with Crippen molar-refractivity contribution in [1.82, 2.24) is 15.3 Å². The molecule has 0 saturated heterocycles. The summed E-state index contributed by atoms with van der Waals surface area (Å²) in [4.78, 5) is 45.8. The maximum absolute atomic E-state index is 13.2. The number of ketones is 1. The number of carbonyl (C=O) groups excluding carboxylic acids is 3. The largest absolute Gasteiger partial charge is 0.416 e. The Morgan fingerprint density at radius 2 is 1.76 bits per heavy atom. The number of halogens is 3. The van der Waals surface area contributed by atoms with Gasteiger partial charge < -0.3 is 11.1 Å². The fourth-order valence-electron chi connectivity index (χ4n) is 3.60. The summed E-state index contributed by atoms with van der Waals surface area (Å²) in [7, 11) is 0. The molecule has 2 amide bonds. The highest BCUT2D eigenvalue weighted by molar-refractivity contribution is 7.13. The molecule has 0 saturated carbocycles. The minimum Gasteiger partial charge on any atom is -0.363 e. The van der Waals surface area contributed by atoms with Gasteiger partial charge in [0.05, 0.1) is 16.8 Å². The van der Waals surface area contributed by atoms with Crippen LogP contribution >= 0.6 is 11.3 Å². The molecular weight excluding hydrogens is 505 g/mol. The molecular formula is C26H19F3N4O3S. The third-order valence-corrected chi connectivity index (χ3v) is 6.24. The summed E-state index contributed by atoms with van der Waals surface area (Å²) in [5.74, 6) is -2.82. The van der Waals surface area contributed by atoms with Gasteiger partial charge in [-0.1, -0.05) is 42.5 Å². The second-order valence-electron chi connectivity index (χ2n) is 7.96. The highest BCUT2D eigenvalue weighted by Crippen LogP contribution is 2.34. The van der Waals surface area contributed by atoms with Crippen molar-refractivity contribution in [3.05, 3.63) is 95.0 Å². The van der Waals surface area contributed by atoms with E-state index in [0.717, 1.165) is 23.5 Å². The lowest BCUT2D eigenvalue weighted by atomic mass is 10.0. The van der Waals surface area contributed by atoms with Crippen LogP contribution in [0.1, 0.15) is 21.5 Å². The molecule has 0 aliphatic rings. The van der Waals surface area contributed by atoms with Gasteiger partial charge in [-0.3, -0.25) is 19.4 Å². The molecule has 0 radical (unpaired) electrons. The van der Waals surface area contributed by atoms with Gasteiger partial charge in [-0.15, -0.1) is 11.3 Å². The fraction of sp³-hybridized carbons (Fsp3) is 0.115. The van der Waals surface area contributed by atoms with Crippen molar-refractivity contribution < 1.29 is 27.6 Å². The zero-order chi connectivity index (χ0) is 26.6. The van der Waals surface area contributed by atoms with E-state index in [1.54, 1.807) is 35.7 Å². The predicted molar refractivity (Wildman–Crippen MR) is 131 cm³/mol. The van der Waals surface area contributed by atoms with Crippen LogP contribution in [0.5, 0.6) is 0 Å². The molecule has 2 heterocycles. The number of Topliss-reactive ketones (excluding diaryl/α,β-unsaturated/α-hetero) is 1. The number of hydrogen-bond acceptors (Lipinski definition) is 6. The van der Waals surface area contributed by atoms with E-state index in [1.165, 1.54) is 30.5 Å². The third-order valence-electron chi connectivity index (χ3n) is 5.39. The highest BCUT2D eigenvalue weighted by Gasteiger charge is 2.31. The van der Waals surface area contributed by atoms with Gasteiger partial charge in [0.25, 0.3) is 11.8 Å². The summed E-state index contributed by atoms with van der Waals surface area (Å²) in [5.41, 5.74) is 5.88. The molecule has 37 heavy (non-hydrogen) atoms. The summed E-state index contributed by atoms with van der Waals surface area (Å²) in [6.07, 6.45) is -3.02. The number of rotatable bonds is 8. The molecule has 0 aliphatic carbocycles. The maximum atomic E-state index is 13.2. The lowest BCUT2D eigenvalue weighted by Gasteiger charge is -2.17. The molecule has 0 spiro atoms. The average Bonchev–Trinajstić information content (AvgIpc) is 3.38. The Kier molecular flexibility index (Phi) is 7.44. The quantitative estimate of drug-likeness (QED) is 0.334. The molecule has 0 fully saturated rings. The first kappa shape index (κ1) is 25.7. The molecule has 7 nitrogen and oxygen atoms in total. The van der Waals surface area contributed by atoms with E-state index in [2.05, 4.69) is 15.3 Å². The molecule has 4 rings (SSSR count). The molecule has 1 unspecified atom stereocenters. The summed E-state index contributed by atoms with van der Waals surface area (Å²) in [6.45, 7) is 0. The van der Waals surface area contributed by atoms with Crippen LogP contribution in [0.25, 0.3) is 22.0 Å². The fourth-order valence-corrected chi connectivity index (χ4v) is 4.43. The van der Waals surface area contributed by atoms with Gasteiger partial charge in [0.15, 0.2) is 0 Å². The van der Waals surface area contributed by atoms with Crippen LogP contribution in [0, 0.1) is 0 Å². The van der Waals surface area contributed by atoms with E-state index in [9.17, 15) is 27.6 Å². The molecule has 0 bridgehead atoms. The van der Waals surface area contributed by atoms with Crippen molar-refractivity contribution in [3.63, 3.8) is 0 Å². The first-order valence-electron chi connectivity index (χ1n) is 10.9. The van der Waals surface area contributed by atoms with Crippen molar-refractivity contribution in [3.8, 4) is 22.0 Å². The van der Waals surface area contributed by atoms with Crippen LogP contribution in [0.15, 0.2) is 78.3 Å². The van der Waals surface area contributed by atoms with Gasteiger partial charge in [0.2, 0.25) is 5.78 Å². The van der Waals surface area contributed by atoms with Gasteiger partial charge in [-0.05, 0) is 29.8 Å². The summed E-state index contributed by atoms with van der Waals surface area (Å²) in [5, 5.41) is 4.41. The number of benzene rings is 2. The molecule has 4 aromatic rings. The van der Waals surface area contributed by atoms with Crippen molar-refractivity contribution in [1.29, 1.82) is 0 Å². The van der Waals surface area contributed by atoms with Gasteiger partial charge >= 0.3 is 6.18 Å². The summed E-state index contributed by atoms with van der Waals surface area (Å²) >= 11 is 1.10. The highest BCUT2D eigenvalue weighted by atomic mass is 32.1. The summed E-state index contributed by atoms with van der Waals surface area (Å²) in [6, 6.07) is 15.3. The van der Waals surface area contributed by atoms with Crippen molar-refractivity contribution >= 4 is 28.9 Å². The zero-order valence-electron chi connectivity index (χ0n) is 19.0. The van der Waals surface area contributed by atoms with Crippen molar-refractivity contribution in [2.75, 3.05) is 0 Å². The molecule has 0 aliphatic heterocycles. The average molecular weight is 525 g/mol. The van der Waals surface area contributed by atoms with Crippen LogP contribution in [-0.2, 0) is 22.2 Å². The Morgan fingerprint density at radius 3 is 2.46 bits per heavy atom. The van der Waals surface area contributed by atoms with Gasteiger partial charge in [-0.2, -0.15) is 13.2 Å². The smallest absolute Gasteiger partial charge is 0.363 e. The number of carbonyl (C=O) groups is 3. The molecule has 2 aromatic carbocycles. The number of hydrogen-bond donors (Lipinski definition) is 2. The first-order valence-corrected chi connectivity index (χ1v) is 11.8. The normalized spacial score (nSPS) is 12.1. The number of primary amides is 1. The maximum Gasteiger partial charge on any atom is 0.416 e. The van der Waals surface area contributed by atoms with Crippen LogP contribution in [-0.4, -0.2) is 33.6 Å². The van der Waals surface area contributed by atoms with E-state index >= 15 is 0 Å². The number of alkyl halides is 3. The number of thiazole rings is 1. The number of amides is 2. The minimum absolute atomic E-state index is 0.0426. The monoisotopic (exact) mass is 524 g/mol. The van der Waals surface area contributed by atoms with Crippen molar-refractivity contribution in [2.24, 2.45) is 5.73 Å². The lowest BCUT2D eigenvalue weighted by molar-refractivity contribution is -0.137. The van der Waals surface area contributed by atoms with E-state index < -0.39 is 35.4 Å². The molecule has 1 atom stereocenters. The Bertz CT molecular complexity index is 1450. The van der Waals surface area contributed by atoms with E-state index in [4.69, 9.17) is 5.73 Å². The predicted octanol–water partition coefficient (Wildman–Crippen LogP) is 4.29. The number of nitrogens with two attached hydrogens (primary N) is 1. The van der Waals surface area contributed by atoms with Crippen LogP contribution in [0.3, 0.4) is 0 Å². The van der Waals surface area contributed by atoms with Crippen LogP contribution < -0.4 is 11.1 Å². The molecule has 188 valence electrons. The second kappa shape index (κ2) is 10.7. The molecule has 11 heteroatoms. The SMILES string of the molecule is NC(=O)C(=O)C(Cc1ccccc1)NC(=O)c1cccnc1-c1nc(-c2cccc(C(F)(F)F)c2)cs1. The van der Waals surface area contributed by atoms with Gasteiger partial charge in [0.1, 0.15) is 16.7 Å². The Hall–Kier alpha value is -4.38. The standard InChI is InChI=1S/C26H19F3N4O3S/c27-26(28,29)17-9-4-8-16(13-17)20-14-37-25(33-20)21-18(10-5-11-31-21)24(36)32-19(22(34)23(30)35)12-15-6-2-1-3-7-15/h1-11,13-14,19H,12H2,(H2,30,35)(H,32,36). The molecule has 2 aromatic heterocycles. The van der Waals surface area contributed by atoms with Gasteiger partial charge in [0, 0.05) is 23.6 Å². The third kappa shape index (κ3) is 6.07. The Balaban J connectivity index is 1.62.